The van der Waals surface area contributed by atoms with Gasteiger partial charge in [-0.05, 0) is 20.3 Å². The molecule has 0 heterocycles. The minimum absolute atomic E-state index is 0.110. The number of hydrogen-bond donors (Lipinski definition) is 2. The minimum atomic E-state index is -3.59. The van der Waals surface area contributed by atoms with Crippen molar-refractivity contribution in [1.82, 2.24) is 4.72 Å². The SMILES string of the molecule is CCOC(=O)CCS(=O)(=O)NC(C)CCC(=O)O. The second kappa shape index (κ2) is 8.04. The molecule has 0 amide bonds. The number of carbonyl (C=O) groups is 2. The van der Waals surface area contributed by atoms with Gasteiger partial charge in [-0.3, -0.25) is 9.59 Å². The van der Waals surface area contributed by atoms with E-state index >= 15 is 0 Å². The van der Waals surface area contributed by atoms with E-state index in [0.717, 1.165) is 0 Å². The lowest BCUT2D eigenvalue weighted by atomic mass is 10.2. The fraction of sp³-hybridized carbons (Fsp3) is 0.800. The zero-order valence-corrected chi connectivity index (χ0v) is 11.3. The molecule has 0 rings (SSSR count). The lowest BCUT2D eigenvalue weighted by molar-refractivity contribution is -0.142. The Morgan fingerprint density at radius 1 is 1.33 bits per heavy atom. The molecule has 7 nitrogen and oxygen atoms in total. The maximum Gasteiger partial charge on any atom is 0.306 e. The third-order valence-corrected chi connectivity index (χ3v) is 3.56. The van der Waals surface area contributed by atoms with Crippen LogP contribution in [0.1, 0.15) is 33.1 Å². The van der Waals surface area contributed by atoms with Crippen molar-refractivity contribution in [3.05, 3.63) is 0 Å². The summed E-state index contributed by atoms with van der Waals surface area (Å²) in [6, 6.07) is -0.478. The number of hydrogen-bond acceptors (Lipinski definition) is 5. The van der Waals surface area contributed by atoms with Gasteiger partial charge >= 0.3 is 11.9 Å². The second-order valence-corrected chi connectivity index (χ2v) is 5.70. The van der Waals surface area contributed by atoms with Gasteiger partial charge in [0, 0.05) is 12.5 Å². The maximum atomic E-state index is 11.5. The number of carbonyl (C=O) groups excluding carboxylic acids is 1. The Balaban J connectivity index is 4.06. The molecule has 0 aliphatic rings. The molecular formula is C10H19NO6S. The van der Waals surface area contributed by atoms with Crippen molar-refractivity contribution in [3.8, 4) is 0 Å². The first-order valence-electron chi connectivity index (χ1n) is 5.64. The van der Waals surface area contributed by atoms with Gasteiger partial charge in [0.1, 0.15) is 0 Å². The van der Waals surface area contributed by atoms with Crippen LogP contribution in [-0.4, -0.2) is 43.9 Å². The van der Waals surface area contributed by atoms with E-state index in [0.29, 0.717) is 0 Å². The summed E-state index contributed by atoms with van der Waals surface area (Å²) in [7, 11) is -3.59. The average molecular weight is 281 g/mol. The third-order valence-electron chi connectivity index (χ3n) is 2.05. The van der Waals surface area contributed by atoms with Crippen LogP contribution in [0.25, 0.3) is 0 Å². The molecule has 0 spiro atoms. The molecule has 106 valence electrons. The summed E-state index contributed by atoms with van der Waals surface area (Å²) >= 11 is 0. The highest BCUT2D eigenvalue weighted by atomic mass is 32.2. The van der Waals surface area contributed by atoms with E-state index in [9.17, 15) is 18.0 Å². The quantitative estimate of drug-likeness (QED) is 0.581. The topological polar surface area (TPSA) is 110 Å². The predicted octanol–water partition coefficient (Wildman–Crippen LogP) is 0.112. The molecule has 8 heteroatoms. The molecule has 0 saturated carbocycles. The van der Waals surface area contributed by atoms with Gasteiger partial charge in [0.05, 0.1) is 18.8 Å². The summed E-state index contributed by atoms with van der Waals surface area (Å²) in [5.74, 6) is -1.91. The molecule has 0 aromatic carbocycles. The van der Waals surface area contributed by atoms with Crippen molar-refractivity contribution in [2.45, 2.75) is 39.2 Å². The Hall–Kier alpha value is -1.15. The van der Waals surface area contributed by atoms with Crippen molar-refractivity contribution in [1.29, 1.82) is 0 Å². The number of esters is 1. The fourth-order valence-corrected chi connectivity index (χ4v) is 2.50. The van der Waals surface area contributed by atoms with E-state index in [-0.39, 0.29) is 31.6 Å². The number of aliphatic carboxylic acids is 1. The van der Waals surface area contributed by atoms with Crippen molar-refractivity contribution in [3.63, 3.8) is 0 Å². The fourth-order valence-electron chi connectivity index (χ4n) is 1.22. The van der Waals surface area contributed by atoms with E-state index in [4.69, 9.17) is 5.11 Å². The normalized spacial score (nSPS) is 13.0. The number of carboxylic acids is 1. The molecular weight excluding hydrogens is 262 g/mol. The van der Waals surface area contributed by atoms with Crippen molar-refractivity contribution >= 4 is 22.0 Å². The molecule has 0 aliphatic heterocycles. The van der Waals surface area contributed by atoms with Crippen LogP contribution in [0, 0.1) is 0 Å². The van der Waals surface area contributed by atoms with Gasteiger partial charge in [0.2, 0.25) is 10.0 Å². The molecule has 1 atom stereocenters. The number of ether oxygens (including phenoxy) is 1. The molecule has 1 unspecified atom stereocenters. The van der Waals surface area contributed by atoms with Gasteiger partial charge in [0.15, 0.2) is 0 Å². The van der Waals surface area contributed by atoms with Crippen LogP contribution >= 0.6 is 0 Å². The Bertz CT molecular complexity index is 378. The Labute approximate surface area is 107 Å². The highest BCUT2D eigenvalue weighted by molar-refractivity contribution is 7.89. The highest BCUT2D eigenvalue weighted by Gasteiger charge is 2.17. The van der Waals surface area contributed by atoms with Gasteiger partial charge in [-0.25, -0.2) is 13.1 Å². The molecule has 2 N–H and O–H groups in total. The van der Waals surface area contributed by atoms with E-state index < -0.39 is 28.0 Å². The van der Waals surface area contributed by atoms with Crippen LogP contribution in [0.3, 0.4) is 0 Å². The van der Waals surface area contributed by atoms with Crippen LogP contribution in [0.4, 0.5) is 0 Å². The van der Waals surface area contributed by atoms with Crippen molar-refractivity contribution in [2.75, 3.05) is 12.4 Å². The summed E-state index contributed by atoms with van der Waals surface area (Å²) < 4.78 is 30.0. The highest BCUT2D eigenvalue weighted by Crippen LogP contribution is 2.00. The van der Waals surface area contributed by atoms with E-state index in [1.807, 2.05) is 0 Å². The molecule has 0 aromatic rings. The lowest BCUT2D eigenvalue weighted by Gasteiger charge is -2.12. The zero-order chi connectivity index (χ0) is 14.2. The first-order valence-corrected chi connectivity index (χ1v) is 7.29. The summed E-state index contributed by atoms with van der Waals surface area (Å²) in [4.78, 5) is 21.3. The molecule has 18 heavy (non-hydrogen) atoms. The number of nitrogens with one attached hydrogen (secondary N) is 1. The largest absolute Gasteiger partial charge is 0.481 e. The molecule has 0 radical (unpaired) electrons. The van der Waals surface area contributed by atoms with Crippen LogP contribution in [0.5, 0.6) is 0 Å². The predicted molar refractivity (Wildman–Crippen MR) is 64.5 cm³/mol. The van der Waals surface area contributed by atoms with Crippen LogP contribution < -0.4 is 4.72 Å². The zero-order valence-electron chi connectivity index (χ0n) is 10.5. The van der Waals surface area contributed by atoms with Crippen LogP contribution in [0.15, 0.2) is 0 Å². The summed E-state index contributed by atoms with van der Waals surface area (Å²) in [6.07, 6.45) is -0.121. The standard InChI is InChI=1S/C10H19NO6S/c1-3-17-10(14)6-7-18(15,16)11-8(2)4-5-9(12)13/h8,11H,3-7H2,1-2H3,(H,12,13). The smallest absolute Gasteiger partial charge is 0.306 e. The van der Waals surface area contributed by atoms with Gasteiger partial charge in [-0.15, -0.1) is 0 Å². The average Bonchev–Trinajstić information content (AvgIpc) is 2.24. The Morgan fingerprint density at radius 2 is 1.94 bits per heavy atom. The van der Waals surface area contributed by atoms with E-state index in [1.54, 1.807) is 13.8 Å². The minimum Gasteiger partial charge on any atom is -0.481 e. The van der Waals surface area contributed by atoms with Crippen molar-refractivity contribution < 1.29 is 27.9 Å². The summed E-state index contributed by atoms with van der Waals surface area (Å²) in [6.45, 7) is 3.42. The Morgan fingerprint density at radius 3 is 2.44 bits per heavy atom. The molecule has 0 bridgehead atoms. The molecule has 0 aromatic heterocycles. The van der Waals surface area contributed by atoms with Crippen molar-refractivity contribution in [2.24, 2.45) is 0 Å². The maximum absolute atomic E-state index is 11.5. The van der Waals surface area contributed by atoms with Gasteiger partial charge in [0.25, 0.3) is 0 Å². The van der Waals surface area contributed by atoms with Crippen LogP contribution in [0.2, 0.25) is 0 Å². The number of carboxylic acid groups (broad SMARTS) is 1. The first kappa shape index (κ1) is 16.9. The Kier molecular flexibility index (Phi) is 7.53. The summed E-state index contributed by atoms with van der Waals surface area (Å²) in [5, 5.41) is 8.46. The van der Waals surface area contributed by atoms with E-state index in [2.05, 4.69) is 9.46 Å². The second-order valence-electron chi connectivity index (χ2n) is 3.83. The van der Waals surface area contributed by atoms with E-state index in [1.165, 1.54) is 0 Å². The number of sulfonamides is 1. The van der Waals surface area contributed by atoms with Crippen LogP contribution in [-0.2, 0) is 24.3 Å². The van der Waals surface area contributed by atoms with Gasteiger partial charge in [-0.2, -0.15) is 0 Å². The van der Waals surface area contributed by atoms with Gasteiger partial charge in [-0.1, -0.05) is 0 Å². The molecule has 0 aliphatic carbocycles. The lowest BCUT2D eigenvalue weighted by Crippen LogP contribution is -2.35. The molecule has 0 fully saturated rings. The monoisotopic (exact) mass is 281 g/mol. The van der Waals surface area contributed by atoms with Gasteiger partial charge < -0.3 is 9.84 Å². The number of rotatable bonds is 9. The molecule has 0 saturated heterocycles. The first-order chi connectivity index (χ1) is 8.26. The third kappa shape index (κ3) is 8.94. The summed E-state index contributed by atoms with van der Waals surface area (Å²) in [5.41, 5.74) is 0.